The summed E-state index contributed by atoms with van der Waals surface area (Å²) < 4.78 is 0. The fourth-order valence-corrected chi connectivity index (χ4v) is 1.57. The lowest BCUT2D eigenvalue weighted by Gasteiger charge is -2.04. The van der Waals surface area contributed by atoms with Crippen molar-refractivity contribution in [2.24, 2.45) is 5.92 Å². The highest BCUT2D eigenvalue weighted by molar-refractivity contribution is 7.98. The van der Waals surface area contributed by atoms with Crippen LogP contribution in [-0.2, 0) is 6.42 Å². The molecule has 1 aromatic carbocycles. The van der Waals surface area contributed by atoms with E-state index in [4.69, 9.17) is 0 Å². The molecule has 0 amide bonds. The van der Waals surface area contributed by atoms with Crippen molar-refractivity contribution in [3.63, 3.8) is 0 Å². The molecule has 1 atom stereocenters. The third kappa shape index (κ3) is 2.90. The molecule has 1 aromatic rings. The monoisotopic (exact) mass is 179 g/mol. The number of hydrogen-bond donors (Lipinski definition) is 0. The van der Waals surface area contributed by atoms with Gasteiger partial charge in [-0.1, -0.05) is 26.0 Å². The minimum Gasteiger partial charge on any atom is -0.130 e. The summed E-state index contributed by atoms with van der Waals surface area (Å²) in [5.41, 5.74) is 1.38. The molecule has 1 heteroatoms. The maximum atomic E-state index is 3.97. The third-order valence-corrected chi connectivity index (χ3v) is 2.49. The highest BCUT2D eigenvalue weighted by atomic mass is 32.2. The molecule has 1 radical (unpaired) electrons. The quantitative estimate of drug-likeness (QED) is 0.641. The predicted octanol–water partition coefficient (Wildman–Crippen LogP) is 3.42. The van der Waals surface area contributed by atoms with Crippen LogP contribution in [0.4, 0.5) is 0 Å². The number of thioether (sulfide) groups is 1. The van der Waals surface area contributed by atoms with Gasteiger partial charge in [0.1, 0.15) is 0 Å². The van der Waals surface area contributed by atoms with E-state index in [2.05, 4.69) is 44.4 Å². The van der Waals surface area contributed by atoms with Crippen LogP contribution in [0.2, 0.25) is 0 Å². The van der Waals surface area contributed by atoms with E-state index in [9.17, 15) is 0 Å². The highest BCUT2D eigenvalue weighted by Crippen LogP contribution is 2.16. The Bertz CT molecular complexity index is 223. The van der Waals surface area contributed by atoms with Crippen LogP contribution in [0, 0.1) is 12.8 Å². The lowest BCUT2D eigenvalue weighted by molar-refractivity contribution is 0.719. The first-order valence-electron chi connectivity index (χ1n) is 4.18. The average molecular weight is 179 g/mol. The summed E-state index contributed by atoms with van der Waals surface area (Å²) in [5, 5.41) is 0. The van der Waals surface area contributed by atoms with Crippen molar-refractivity contribution in [3.05, 3.63) is 36.8 Å². The van der Waals surface area contributed by atoms with Crippen LogP contribution < -0.4 is 0 Å². The van der Waals surface area contributed by atoms with E-state index >= 15 is 0 Å². The SMILES string of the molecule is [CH2]C(C)Cc1ccc(SC)cc1. The number of benzene rings is 1. The van der Waals surface area contributed by atoms with E-state index in [1.807, 2.05) is 0 Å². The number of hydrogen-bond acceptors (Lipinski definition) is 1. The van der Waals surface area contributed by atoms with E-state index in [-0.39, 0.29) is 0 Å². The summed E-state index contributed by atoms with van der Waals surface area (Å²) in [7, 11) is 0. The molecule has 0 N–H and O–H groups in total. The summed E-state index contributed by atoms with van der Waals surface area (Å²) >= 11 is 1.78. The molecule has 0 aliphatic rings. The van der Waals surface area contributed by atoms with E-state index < -0.39 is 0 Å². The molecule has 0 saturated heterocycles. The molecule has 0 saturated carbocycles. The maximum Gasteiger partial charge on any atom is 0.00693 e. The summed E-state index contributed by atoms with van der Waals surface area (Å²) in [5.74, 6) is 0.505. The Morgan fingerprint density at radius 3 is 2.33 bits per heavy atom. The second-order valence-corrected chi connectivity index (χ2v) is 4.04. The average Bonchev–Trinajstić information content (AvgIpc) is 2.05. The van der Waals surface area contributed by atoms with Crippen LogP contribution >= 0.6 is 11.8 Å². The summed E-state index contributed by atoms with van der Waals surface area (Å²) in [6.45, 7) is 6.11. The van der Waals surface area contributed by atoms with Gasteiger partial charge in [0.05, 0.1) is 0 Å². The molecular formula is C11H15S. The van der Waals surface area contributed by atoms with Gasteiger partial charge in [0.2, 0.25) is 0 Å². The van der Waals surface area contributed by atoms with Crippen molar-refractivity contribution in [1.29, 1.82) is 0 Å². The molecule has 0 nitrogen and oxygen atoms in total. The van der Waals surface area contributed by atoms with E-state index in [1.54, 1.807) is 11.8 Å². The van der Waals surface area contributed by atoms with Gasteiger partial charge in [-0.3, -0.25) is 0 Å². The Hall–Kier alpha value is -0.430. The molecule has 65 valence electrons. The topological polar surface area (TPSA) is 0 Å². The maximum absolute atomic E-state index is 3.97. The van der Waals surface area contributed by atoms with Crippen molar-refractivity contribution in [1.82, 2.24) is 0 Å². The highest BCUT2D eigenvalue weighted by Gasteiger charge is 1.96. The minimum atomic E-state index is 0.505. The fourth-order valence-electron chi connectivity index (χ4n) is 1.16. The van der Waals surface area contributed by atoms with Gasteiger partial charge in [0.15, 0.2) is 0 Å². The van der Waals surface area contributed by atoms with Gasteiger partial charge in [-0.25, -0.2) is 0 Å². The van der Waals surface area contributed by atoms with Crippen LogP contribution in [0.5, 0.6) is 0 Å². The summed E-state index contributed by atoms with van der Waals surface area (Å²) in [6, 6.07) is 8.71. The smallest absolute Gasteiger partial charge is 0.00693 e. The first-order valence-corrected chi connectivity index (χ1v) is 5.41. The first kappa shape index (κ1) is 9.66. The molecule has 0 spiro atoms. The molecular weight excluding hydrogens is 164 g/mol. The number of rotatable bonds is 3. The van der Waals surface area contributed by atoms with Crippen LogP contribution in [0.3, 0.4) is 0 Å². The van der Waals surface area contributed by atoms with Gasteiger partial charge in [0.25, 0.3) is 0 Å². The molecule has 0 aliphatic heterocycles. The van der Waals surface area contributed by atoms with E-state index in [0.29, 0.717) is 5.92 Å². The third-order valence-electron chi connectivity index (χ3n) is 1.74. The van der Waals surface area contributed by atoms with E-state index in [0.717, 1.165) is 6.42 Å². The second kappa shape index (κ2) is 4.56. The molecule has 0 aliphatic carbocycles. The molecule has 12 heavy (non-hydrogen) atoms. The second-order valence-electron chi connectivity index (χ2n) is 3.16. The Morgan fingerprint density at radius 1 is 1.33 bits per heavy atom. The van der Waals surface area contributed by atoms with Crippen molar-refractivity contribution >= 4 is 11.8 Å². The van der Waals surface area contributed by atoms with Crippen LogP contribution in [0.15, 0.2) is 29.2 Å². The largest absolute Gasteiger partial charge is 0.130 e. The molecule has 1 rings (SSSR count). The van der Waals surface area contributed by atoms with Gasteiger partial charge < -0.3 is 0 Å². The summed E-state index contributed by atoms with van der Waals surface area (Å²) in [4.78, 5) is 1.33. The molecule has 0 aromatic heterocycles. The molecule has 0 fully saturated rings. The standard InChI is InChI=1S/C11H15S/c1-9(2)8-10-4-6-11(12-3)7-5-10/h4-7,9H,1,8H2,2-3H3. The fraction of sp³-hybridized carbons (Fsp3) is 0.364. The minimum absolute atomic E-state index is 0.505. The van der Waals surface area contributed by atoms with Gasteiger partial charge in [0, 0.05) is 4.90 Å². The van der Waals surface area contributed by atoms with Crippen molar-refractivity contribution in [3.8, 4) is 0 Å². The Balaban J connectivity index is 2.65. The zero-order chi connectivity index (χ0) is 8.97. The normalized spacial score (nSPS) is 10.7. The molecule has 0 bridgehead atoms. The van der Waals surface area contributed by atoms with Crippen LogP contribution in [-0.4, -0.2) is 6.26 Å². The van der Waals surface area contributed by atoms with Gasteiger partial charge in [-0.05, 0) is 36.3 Å². The zero-order valence-corrected chi connectivity index (χ0v) is 8.53. The van der Waals surface area contributed by atoms with Gasteiger partial charge in [-0.15, -0.1) is 11.8 Å². The van der Waals surface area contributed by atoms with Gasteiger partial charge in [-0.2, -0.15) is 0 Å². The van der Waals surface area contributed by atoms with Gasteiger partial charge >= 0.3 is 0 Å². The van der Waals surface area contributed by atoms with E-state index in [1.165, 1.54) is 10.5 Å². The van der Waals surface area contributed by atoms with Crippen LogP contribution in [0.25, 0.3) is 0 Å². The van der Waals surface area contributed by atoms with Crippen molar-refractivity contribution in [2.75, 3.05) is 6.26 Å². The Morgan fingerprint density at radius 2 is 1.92 bits per heavy atom. The van der Waals surface area contributed by atoms with Crippen molar-refractivity contribution in [2.45, 2.75) is 18.2 Å². The Kier molecular flexibility index (Phi) is 3.67. The molecule has 0 heterocycles. The lowest BCUT2D eigenvalue weighted by atomic mass is 10.0. The first-order chi connectivity index (χ1) is 5.72. The molecule has 1 unspecified atom stereocenters. The summed E-state index contributed by atoms with van der Waals surface area (Å²) in [6.07, 6.45) is 3.17. The zero-order valence-electron chi connectivity index (χ0n) is 7.71. The Labute approximate surface area is 79.4 Å². The van der Waals surface area contributed by atoms with Crippen molar-refractivity contribution < 1.29 is 0 Å². The lowest BCUT2D eigenvalue weighted by Crippen LogP contribution is -1.93. The van der Waals surface area contributed by atoms with Crippen LogP contribution in [0.1, 0.15) is 12.5 Å². The predicted molar refractivity (Wildman–Crippen MR) is 56.4 cm³/mol.